The molecule has 3 rings (SSSR count). The summed E-state index contributed by atoms with van der Waals surface area (Å²) in [4.78, 5) is 14.9. The fourth-order valence-corrected chi connectivity index (χ4v) is 5.35. The van der Waals surface area contributed by atoms with Gasteiger partial charge in [-0.25, -0.2) is 8.42 Å². The topological polar surface area (TPSA) is 82.6 Å². The van der Waals surface area contributed by atoms with Gasteiger partial charge in [0.15, 0.2) is 0 Å². The number of aromatic nitrogens is 1. The van der Waals surface area contributed by atoms with Crippen molar-refractivity contribution in [3.8, 4) is 0 Å². The average Bonchev–Trinajstić information content (AvgIpc) is 3.04. The number of rotatable bonds is 4. The zero-order valence-corrected chi connectivity index (χ0v) is 17.6. The Labute approximate surface area is 164 Å². The van der Waals surface area contributed by atoms with Crippen LogP contribution in [0.1, 0.15) is 27.2 Å². The molecule has 1 aliphatic heterocycles. The fraction of sp³-hybridized carbons (Fsp3) is 0.444. The first-order chi connectivity index (χ1) is 12.8. The lowest BCUT2D eigenvalue weighted by Crippen LogP contribution is -2.50. The van der Waals surface area contributed by atoms with Crippen LogP contribution in [0.3, 0.4) is 0 Å². The molecular weight excluding hydrogens is 384 g/mol. The van der Waals surface area contributed by atoms with E-state index in [1.807, 2.05) is 26.8 Å². The highest BCUT2D eigenvalue weighted by molar-refractivity contribution is 7.89. The molecule has 1 fully saturated rings. The van der Waals surface area contributed by atoms with Crippen molar-refractivity contribution >= 4 is 32.5 Å². The summed E-state index contributed by atoms with van der Waals surface area (Å²) >= 11 is 1.26. The van der Waals surface area contributed by atoms with Gasteiger partial charge in [0.05, 0.1) is 16.2 Å². The molecule has 9 heteroatoms. The van der Waals surface area contributed by atoms with Gasteiger partial charge in [-0.05, 0) is 55.6 Å². The number of carbonyl (C=O) groups excluding carboxylic acids is 1. The van der Waals surface area contributed by atoms with Crippen molar-refractivity contribution in [3.05, 3.63) is 40.6 Å². The molecule has 1 aromatic heterocycles. The van der Waals surface area contributed by atoms with Crippen molar-refractivity contribution < 1.29 is 13.2 Å². The zero-order chi connectivity index (χ0) is 19.8. The molecule has 146 valence electrons. The fourth-order valence-electron chi connectivity index (χ4n) is 3.11. The summed E-state index contributed by atoms with van der Waals surface area (Å²) in [6.45, 7) is 6.96. The molecule has 7 nitrogen and oxygen atoms in total. The van der Waals surface area contributed by atoms with Gasteiger partial charge in [-0.3, -0.25) is 4.79 Å². The first kappa shape index (κ1) is 19.8. The molecule has 0 aliphatic carbocycles. The highest BCUT2D eigenvalue weighted by atomic mass is 32.2. The van der Waals surface area contributed by atoms with Crippen LogP contribution in [-0.4, -0.2) is 61.1 Å². The summed E-state index contributed by atoms with van der Waals surface area (Å²) in [5.41, 5.74) is 3.28. The van der Waals surface area contributed by atoms with Crippen LogP contribution in [0.15, 0.2) is 23.1 Å². The maximum Gasteiger partial charge on any atom is 0.258 e. The largest absolute Gasteiger partial charge is 0.378 e. The van der Waals surface area contributed by atoms with Crippen molar-refractivity contribution in [1.82, 2.24) is 13.6 Å². The monoisotopic (exact) mass is 408 g/mol. The van der Waals surface area contributed by atoms with E-state index in [0.29, 0.717) is 29.2 Å². The predicted molar refractivity (Wildman–Crippen MR) is 107 cm³/mol. The minimum absolute atomic E-state index is 0.103. The first-order valence-electron chi connectivity index (χ1n) is 8.76. The van der Waals surface area contributed by atoms with E-state index in [0.717, 1.165) is 16.1 Å². The number of amides is 1. The molecule has 0 spiro atoms. The summed E-state index contributed by atoms with van der Waals surface area (Å²) in [6, 6.07) is 5.18. The average molecular weight is 409 g/mol. The molecule has 0 atom stereocenters. The van der Waals surface area contributed by atoms with Gasteiger partial charge in [-0.2, -0.15) is 8.68 Å². The lowest BCUT2D eigenvalue weighted by molar-refractivity contribution is 0.0698. The molecule has 1 aromatic carbocycles. The number of piperazine rings is 1. The van der Waals surface area contributed by atoms with Crippen molar-refractivity contribution in [2.45, 2.75) is 25.7 Å². The normalized spacial score (nSPS) is 15.8. The van der Waals surface area contributed by atoms with Gasteiger partial charge in [-0.15, -0.1) is 0 Å². The van der Waals surface area contributed by atoms with Crippen molar-refractivity contribution in [2.24, 2.45) is 0 Å². The van der Waals surface area contributed by atoms with E-state index >= 15 is 0 Å². The Morgan fingerprint density at radius 2 is 1.78 bits per heavy atom. The molecule has 1 aliphatic rings. The van der Waals surface area contributed by atoms with Crippen molar-refractivity contribution in [2.75, 3.05) is 38.5 Å². The first-order valence-corrected chi connectivity index (χ1v) is 11.0. The number of nitrogens with one attached hydrogen (secondary N) is 1. The number of aryl methyl sites for hydroxylation is 3. The van der Waals surface area contributed by atoms with Crippen LogP contribution >= 0.6 is 11.5 Å². The Hall–Kier alpha value is -1.97. The highest BCUT2D eigenvalue weighted by Gasteiger charge is 2.32. The van der Waals surface area contributed by atoms with Gasteiger partial charge >= 0.3 is 0 Å². The van der Waals surface area contributed by atoms with Crippen LogP contribution in [0.5, 0.6) is 0 Å². The Morgan fingerprint density at radius 1 is 1.11 bits per heavy atom. The summed E-state index contributed by atoms with van der Waals surface area (Å²) < 4.78 is 31.5. The van der Waals surface area contributed by atoms with E-state index in [4.69, 9.17) is 0 Å². The van der Waals surface area contributed by atoms with Crippen LogP contribution in [0.25, 0.3) is 0 Å². The second kappa shape index (κ2) is 7.57. The summed E-state index contributed by atoms with van der Waals surface area (Å²) in [5.74, 6) is -0.103. The number of benzene rings is 1. The van der Waals surface area contributed by atoms with Crippen LogP contribution < -0.4 is 5.32 Å². The molecule has 0 unspecified atom stereocenters. The molecule has 2 aromatic rings. The number of anilines is 1. The van der Waals surface area contributed by atoms with Crippen LogP contribution in [-0.2, 0) is 10.0 Å². The third-order valence-electron chi connectivity index (χ3n) is 4.95. The number of nitrogens with zero attached hydrogens (tertiary/aromatic N) is 3. The minimum Gasteiger partial charge on any atom is -0.378 e. The molecular formula is C18H24N4O3S2. The maximum atomic E-state index is 12.9. The number of carbonyl (C=O) groups is 1. The number of sulfonamides is 1. The summed E-state index contributed by atoms with van der Waals surface area (Å²) in [7, 11) is -1.79. The Balaban J connectivity index is 1.74. The van der Waals surface area contributed by atoms with E-state index < -0.39 is 10.0 Å². The third-order valence-corrected chi connectivity index (χ3v) is 7.80. The molecule has 1 amide bonds. The summed E-state index contributed by atoms with van der Waals surface area (Å²) in [5, 5.41) is 3.74. The van der Waals surface area contributed by atoms with Crippen molar-refractivity contribution in [1.29, 1.82) is 0 Å². The van der Waals surface area contributed by atoms with Crippen molar-refractivity contribution in [3.63, 3.8) is 0 Å². The molecule has 1 N–H and O–H groups in total. The second-order valence-corrected chi connectivity index (χ2v) is 9.38. The maximum absolute atomic E-state index is 12.9. The van der Waals surface area contributed by atoms with E-state index in [1.165, 1.54) is 15.8 Å². The lowest BCUT2D eigenvalue weighted by atomic mass is 10.1. The van der Waals surface area contributed by atoms with Crippen LogP contribution in [0.4, 0.5) is 5.00 Å². The van der Waals surface area contributed by atoms with Gasteiger partial charge in [0.1, 0.15) is 5.00 Å². The van der Waals surface area contributed by atoms with Crippen LogP contribution in [0, 0.1) is 20.8 Å². The standard InChI is InChI=1S/C18H24N4O3S2/c1-12-5-6-15(11-13(12)2)27(24,25)22-9-7-21(8-10-22)18(23)16-14(3)20-26-17(16)19-4/h5-6,11,19H,7-10H2,1-4H3. The quantitative estimate of drug-likeness (QED) is 0.839. The van der Waals surface area contributed by atoms with Gasteiger partial charge in [0.2, 0.25) is 10.0 Å². The zero-order valence-electron chi connectivity index (χ0n) is 15.9. The molecule has 1 saturated heterocycles. The van der Waals surface area contributed by atoms with Gasteiger partial charge in [0.25, 0.3) is 5.91 Å². The van der Waals surface area contributed by atoms with Gasteiger partial charge < -0.3 is 10.2 Å². The number of hydrogen-bond acceptors (Lipinski definition) is 6. The molecule has 0 radical (unpaired) electrons. The molecule has 2 heterocycles. The van der Waals surface area contributed by atoms with Gasteiger partial charge in [0, 0.05) is 33.2 Å². The van der Waals surface area contributed by atoms with E-state index in [2.05, 4.69) is 9.69 Å². The van der Waals surface area contributed by atoms with E-state index in [-0.39, 0.29) is 19.0 Å². The SMILES string of the molecule is CNc1snc(C)c1C(=O)N1CCN(S(=O)(=O)c2ccc(C)c(C)c2)CC1. The summed E-state index contributed by atoms with van der Waals surface area (Å²) in [6.07, 6.45) is 0. The smallest absolute Gasteiger partial charge is 0.258 e. The highest BCUT2D eigenvalue weighted by Crippen LogP contribution is 2.26. The lowest BCUT2D eigenvalue weighted by Gasteiger charge is -2.34. The Morgan fingerprint density at radius 3 is 2.37 bits per heavy atom. The van der Waals surface area contributed by atoms with Crippen LogP contribution in [0.2, 0.25) is 0 Å². The minimum atomic E-state index is -3.55. The third kappa shape index (κ3) is 3.71. The molecule has 27 heavy (non-hydrogen) atoms. The van der Waals surface area contributed by atoms with E-state index in [9.17, 15) is 13.2 Å². The predicted octanol–water partition coefficient (Wildman–Crippen LogP) is 2.26. The molecule has 0 bridgehead atoms. The second-order valence-electron chi connectivity index (χ2n) is 6.66. The van der Waals surface area contributed by atoms with Gasteiger partial charge in [-0.1, -0.05) is 6.07 Å². The number of hydrogen-bond donors (Lipinski definition) is 1. The Bertz CT molecular complexity index is 961. The molecule has 0 saturated carbocycles. The Kier molecular flexibility index (Phi) is 5.55. The van der Waals surface area contributed by atoms with E-state index in [1.54, 1.807) is 24.1 Å².